The maximum atomic E-state index is 8.78. The van der Waals surface area contributed by atoms with Gasteiger partial charge in [-0.15, -0.1) is 0 Å². The molecule has 1 amide bonds. The van der Waals surface area contributed by atoms with Crippen molar-refractivity contribution in [2.24, 2.45) is 5.73 Å². The summed E-state index contributed by atoms with van der Waals surface area (Å²) in [5.74, 6) is 1.97. The van der Waals surface area contributed by atoms with Crippen molar-refractivity contribution in [3.8, 4) is 0 Å². The van der Waals surface area contributed by atoms with Crippen molar-refractivity contribution in [2.45, 2.75) is 13.8 Å². The third-order valence-electron chi connectivity index (χ3n) is 0.875. The van der Waals surface area contributed by atoms with Gasteiger partial charge in [0.1, 0.15) is 11.5 Å². The van der Waals surface area contributed by atoms with Crippen LogP contribution in [0.25, 0.3) is 0 Å². The van der Waals surface area contributed by atoms with Gasteiger partial charge in [0, 0.05) is 0 Å². The predicted molar refractivity (Wildman–Crippen MR) is 40.4 cm³/mol. The van der Waals surface area contributed by atoms with Crippen molar-refractivity contribution < 1.29 is 14.3 Å². The lowest BCUT2D eigenvalue weighted by atomic mass is 10.5. The summed E-state index contributed by atoms with van der Waals surface area (Å²) in [6, 6.07) is 3.91. The van der Waals surface area contributed by atoms with Gasteiger partial charge in [0.15, 0.2) is 0 Å². The van der Waals surface area contributed by atoms with E-state index in [2.05, 4.69) is 5.73 Å². The van der Waals surface area contributed by atoms with E-state index >= 15 is 0 Å². The average molecular weight is 157 g/mol. The minimum Gasteiger partial charge on any atom is -0.467 e. The van der Waals surface area contributed by atoms with Crippen molar-refractivity contribution in [3.63, 3.8) is 0 Å². The van der Waals surface area contributed by atoms with E-state index in [1.807, 2.05) is 26.0 Å². The molecule has 0 saturated carbocycles. The summed E-state index contributed by atoms with van der Waals surface area (Å²) < 4.78 is 5.08. The number of amides is 1. The van der Waals surface area contributed by atoms with Gasteiger partial charge in [-0.25, -0.2) is 4.79 Å². The quantitative estimate of drug-likeness (QED) is 0.599. The van der Waals surface area contributed by atoms with Crippen LogP contribution < -0.4 is 5.73 Å². The highest BCUT2D eigenvalue weighted by atomic mass is 16.4. The Balaban J connectivity index is 0.000000218. The van der Waals surface area contributed by atoms with Crippen LogP contribution >= 0.6 is 0 Å². The van der Waals surface area contributed by atoms with Crippen LogP contribution in [0.3, 0.4) is 0 Å². The minimum atomic E-state index is -1.33. The van der Waals surface area contributed by atoms with Crippen LogP contribution in [-0.2, 0) is 0 Å². The van der Waals surface area contributed by atoms with Gasteiger partial charge in [-0.1, -0.05) is 0 Å². The average Bonchev–Trinajstić information content (AvgIpc) is 2.13. The molecule has 11 heavy (non-hydrogen) atoms. The summed E-state index contributed by atoms with van der Waals surface area (Å²) >= 11 is 0. The van der Waals surface area contributed by atoms with Crippen LogP contribution in [0.4, 0.5) is 4.79 Å². The Morgan fingerprint density at radius 2 is 1.73 bits per heavy atom. The minimum absolute atomic E-state index is 0.984. The maximum absolute atomic E-state index is 8.78. The molecule has 0 spiro atoms. The van der Waals surface area contributed by atoms with Crippen LogP contribution in [-0.4, -0.2) is 11.2 Å². The highest BCUT2D eigenvalue weighted by Crippen LogP contribution is 2.02. The van der Waals surface area contributed by atoms with Gasteiger partial charge in [-0.05, 0) is 26.0 Å². The third-order valence-corrected chi connectivity index (χ3v) is 0.875. The summed E-state index contributed by atoms with van der Waals surface area (Å²) in [7, 11) is 0. The fourth-order valence-corrected chi connectivity index (χ4v) is 0.557. The lowest BCUT2D eigenvalue weighted by Gasteiger charge is -1.76. The number of carbonyl (C=O) groups is 1. The molecule has 0 saturated heterocycles. The predicted octanol–water partition coefficient (Wildman–Crippen LogP) is 1.52. The molecule has 0 bridgehead atoms. The first kappa shape index (κ1) is 9.55. The largest absolute Gasteiger partial charge is 0.467 e. The molecule has 62 valence electrons. The van der Waals surface area contributed by atoms with E-state index in [1.54, 1.807) is 0 Å². The first-order valence-electron chi connectivity index (χ1n) is 3.04. The van der Waals surface area contributed by atoms with E-state index in [-0.39, 0.29) is 0 Å². The normalized spacial score (nSPS) is 8.18. The van der Waals surface area contributed by atoms with Gasteiger partial charge in [0.25, 0.3) is 0 Å². The van der Waals surface area contributed by atoms with E-state index in [0.717, 1.165) is 11.5 Å². The summed E-state index contributed by atoms with van der Waals surface area (Å²) in [4.78, 5) is 8.78. The Morgan fingerprint density at radius 3 is 1.82 bits per heavy atom. The Kier molecular flexibility index (Phi) is 3.80. The maximum Gasteiger partial charge on any atom is 0.402 e. The monoisotopic (exact) mass is 157 g/mol. The van der Waals surface area contributed by atoms with E-state index in [9.17, 15) is 0 Å². The van der Waals surface area contributed by atoms with E-state index in [0.29, 0.717) is 0 Å². The first-order valence-corrected chi connectivity index (χ1v) is 3.04. The molecule has 4 nitrogen and oxygen atoms in total. The second-order valence-corrected chi connectivity index (χ2v) is 1.99. The van der Waals surface area contributed by atoms with Crippen LogP contribution in [0.2, 0.25) is 0 Å². The number of nitrogens with two attached hydrogens (primary N) is 1. The van der Waals surface area contributed by atoms with E-state index in [4.69, 9.17) is 14.3 Å². The van der Waals surface area contributed by atoms with Crippen LogP contribution in [0, 0.1) is 13.8 Å². The molecular weight excluding hydrogens is 146 g/mol. The van der Waals surface area contributed by atoms with Crippen molar-refractivity contribution in [3.05, 3.63) is 23.7 Å². The second kappa shape index (κ2) is 4.38. The van der Waals surface area contributed by atoms with Crippen molar-refractivity contribution in [1.29, 1.82) is 0 Å². The number of aryl methyl sites for hydroxylation is 2. The molecule has 0 aliphatic rings. The number of furan rings is 1. The number of hydrogen-bond acceptors (Lipinski definition) is 2. The summed E-state index contributed by atoms with van der Waals surface area (Å²) in [5.41, 5.74) is 4.03. The second-order valence-electron chi connectivity index (χ2n) is 1.99. The molecule has 0 aliphatic heterocycles. The number of primary amides is 1. The van der Waals surface area contributed by atoms with Crippen molar-refractivity contribution in [2.75, 3.05) is 0 Å². The van der Waals surface area contributed by atoms with Gasteiger partial charge in [0.2, 0.25) is 0 Å². The topological polar surface area (TPSA) is 76.5 Å². The van der Waals surface area contributed by atoms with Crippen LogP contribution in [0.5, 0.6) is 0 Å². The fraction of sp³-hybridized carbons (Fsp3) is 0.286. The molecule has 0 fully saturated rings. The molecule has 0 atom stereocenters. The number of carboxylic acid groups (broad SMARTS) is 1. The highest BCUT2D eigenvalue weighted by molar-refractivity contribution is 5.61. The van der Waals surface area contributed by atoms with Gasteiger partial charge < -0.3 is 15.3 Å². The standard InChI is InChI=1S/C6H8O.CH3NO2/c1-5-3-4-6(2)7-5;2-1(3)4/h3-4H,1-2H3;2H2,(H,3,4). The third kappa shape index (κ3) is 6.44. The summed E-state index contributed by atoms with van der Waals surface area (Å²) in [5, 5.41) is 7.19. The molecule has 0 radical (unpaired) electrons. The Bertz CT molecular complexity index is 209. The lowest BCUT2D eigenvalue weighted by Crippen LogP contribution is -2.03. The first-order chi connectivity index (χ1) is 5.02. The highest BCUT2D eigenvalue weighted by Gasteiger charge is 1.85. The molecule has 1 aromatic rings. The zero-order chi connectivity index (χ0) is 8.85. The van der Waals surface area contributed by atoms with Gasteiger partial charge in [-0.3, -0.25) is 0 Å². The molecule has 3 N–H and O–H groups in total. The van der Waals surface area contributed by atoms with E-state index in [1.165, 1.54) is 0 Å². The molecule has 4 heteroatoms. The Labute approximate surface area is 64.6 Å². The zero-order valence-electron chi connectivity index (χ0n) is 6.50. The molecule has 1 heterocycles. The number of hydrogen-bond donors (Lipinski definition) is 2. The molecule has 0 aromatic carbocycles. The van der Waals surface area contributed by atoms with Crippen LogP contribution in [0.15, 0.2) is 16.5 Å². The molecular formula is C7H11NO3. The molecule has 0 unspecified atom stereocenters. The molecule has 1 aromatic heterocycles. The zero-order valence-corrected chi connectivity index (χ0v) is 6.50. The van der Waals surface area contributed by atoms with Gasteiger partial charge in [0.05, 0.1) is 0 Å². The summed E-state index contributed by atoms with van der Waals surface area (Å²) in [6.45, 7) is 3.88. The fourth-order valence-electron chi connectivity index (χ4n) is 0.557. The molecule has 0 aliphatic carbocycles. The van der Waals surface area contributed by atoms with Crippen molar-refractivity contribution in [1.82, 2.24) is 0 Å². The summed E-state index contributed by atoms with van der Waals surface area (Å²) in [6.07, 6.45) is -1.33. The molecule has 1 rings (SSSR count). The van der Waals surface area contributed by atoms with E-state index < -0.39 is 6.09 Å². The van der Waals surface area contributed by atoms with Crippen molar-refractivity contribution >= 4 is 6.09 Å². The smallest absolute Gasteiger partial charge is 0.402 e. The van der Waals surface area contributed by atoms with Crippen LogP contribution in [0.1, 0.15) is 11.5 Å². The Hall–Kier alpha value is -1.45. The Morgan fingerprint density at radius 1 is 1.45 bits per heavy atom. The SMILES string of the molecule is Cc1ccc(C)o1.NC(=O)O. The number of rotatable bonds is 0. The van der Waals surface area contributed by atoms with Gasteiger partial charge in [-0.2, -0.15) is 0 Å². The van der Waals surface area contributed by atoms with Gasteiger partial charge >= 0.3 is 6.09 Å². The lowest BCUT2D eigenvalue weighted by molar-refractivity contribution is 0.205.